The number of aryl methyl sites for hydroxylation is 1. The van der Waals surface area contributed by atoms with Gasteiger partial charge in [-0.3, -0.25) is 0 Å². The van der Waals surface area contributed by atoms with Crippen molar-refractivity contribution in [2.24, 2.45) is 5.73 Å². The number of benzene rings is 2. The maximum atomic E-state index is 13.5. The zero-order chi connectivity index (χ0) is 13.9. The highest BCUT2D eigenvalue weighted by Gasteiger charge is 2.16. The molecule has 0 saturated carbocycles. The first kappa shape index (κ1) is 13.1. The van der Waals surface area contributed by atoms with Gasteiger partial charge in [0.25, 0.3) is 0 Å². The Kier molecular flexibility index (Phi) is 3.70. The first-order valence-electron chi connectivity index (χ1n) is 7.08. The number of fused-ring (bicyclic) bond motifs is 1. The van der Waals surface area contributed by atoms with E-state index in [2.05, 4.69) is 29.2 Å². The Morgan fingerprint density at radius 3 is 2.85 bits per heavy atom. The molecule has 3 rings (SSSR count). The second-order valence-corrected chi connectivity index (χ2v) is 5.28. The van der Waals surface area contributed by atoms with Crippen molar-refractivity contribution in [1.29, 1.82) is 0 Å². The minimum atomic E-state index is -0.213. The van der Waals surface area contributed by atoms with Crippen LogP contribution in [0.25, 0.3) is 0 Å². The summed E-state index contributed by atoms with van der Waals surface area (Å²) in [6.07, 6.45) is 2.31. The molecule has 2 aromatic carbocycles. The number of hydrogen-bond donors (Lipinski definition) is 1. The number of rotatable bonds is 3. The zero-order valence-electron chi connectivity index (χ0n) is 11.5. The van der Waals surface area contributed by atoms with Gasteiger partial charge in [-0.15, -0.1) is 0 Å². The van der Waals surface area contributed by atoms with Crippen LogP contribution >= 0.6 is 0 Å². The lowest BCUT2D eigenvalue weighted by Gasteiger charge is -2.31. The maximum Gasteiger partial charge on any atom is 0.127 e. The Hall–Kier alpha value is -1.87. The fraction of sp³-hybridized carbons (Fsp3) is 0.294. The van der Waals surface area contributed by atoms with E-state index in [1.807, 2.05) is 12.1 Å². The van der Waals surface area contributed by atoms with Crippen molar-refractivity contribution >= 4 is 5.69 Å². The van der Waals surface area contributed by atoms with Gasteiger partial charge in [0.2, 0.25) is 0 Å². The van der Waals surface area contributed by atoms with Crippen LogP contribution < -0.4 is 10.6 Å². The molecule has 1 heterocycles. The largest absolute Gasteiger partial charge is 0.367 e. The van der Waals surface area contributed by atoms with Crippen molar-refractivity contribution in [2.45, 2.75) is 25.9 Å². The molecule has 0 unspecified atom stereocenters. The van der Waals surface area contributed by atoms with Crippen molar-refractivity contribution in [1.82, 2.24) is 0 Å². The summed E-state index contributed by atoms with van der Waals surface area (Å²) in [4.78, 5) is 2.37. The fourth-order valence-electron chi connectivity index (χ4n) is 2.88. The SMILES string of the molecule is NCc1cc(CN2CCCc3ccccc32)ccc1F. The predicted octanol–water partition coefficient (Wildman–Crippen LogP) is 3.24. The molecule has 0 fully saturated rings. The summed E-state index contributed by atoms with van der Waals surface area (Å²) in [5.41, 5.74) is 9.99. The second kappa shape index (κ2) is 5.63. The molecule has 0 spiro atoms. The van der Waals surface area contributed by atoms with E-state index in [4.69, 9.17) is 5.73 Å². The molecule has 0 bridgehead atoms. The molecular weight excluding hydrogens is 251 g/mol. The molecule has 104 valence electrons. The van der Waals surface area contributed by atoms with Crippen LogP contribution in [0.1, 0.15) is 23.1 Å². The van der Waals surface area contributed by atoms with Gasteiger partial charge in [0, 0.05) is 30.9 Å². The third-order valence-electron chi connectivity index (χ3n) is 3.91. The molecule has 0 atom stereocenters. The molecule has 2 N–H and O–H groups in total. The van der Waals surface area contributed by atoms with E-state index in [0.717, 1.165) is 25.1 Å². The fourth-order valence-corrected chi connectivity index (χ4v) is 2.88. The van der Waals surface area contributed by atoms with Crippen LogP contribution in [-0.4, -0.2) is 6.54 Å². The standard InChI is InChI=1S/C17H19FN2/c18-16-8-7-13(10-15(16)11-19)12-20-9-3-5-14-4-1-2-6-17(14)20/h1-2,4,6-8,10H,3,5,9,11-12,19H2. The van der Waals surface area contributed by atoms with E-state index < -0.39 is 0 Å². The van der Waals surface area contributed by atoms with E-state index in [9.17, 15) is 4.39 Å². The highest BCUT2D eigenvalue weighted by atomic mass is 19.1. The molecule has 3 heteroatoms. The van der Waals surface area contributed by atoms with Crippen LogP contribution in [0.5, 0.6) is 0 Å². The number of halogens is 1. The van der Waals surface area contributed by atoms with Gasteiger partial charge in [-0.2, -0.15) is 0 Å². The van der Waals surface area contributed by atoms with Crippen LogP contribution in [0.2, 0.25) is 0 Å². The second-order valence-electron chi connectivity index (χ2n) is 5.28. The molecule has 1 aliphatic heterocycles. The number of para-hydroxylation sites is 1. The van der Waals surface area contributed by atoms with Crippen LogP contribution in [0.15, 0.2) is 42.5 Å². The smallest absolute Gasteiger partial charge is 0.127 e. The molecular formula is C17H19FN2. The van der Waals surface area contributed by atoms with E-state index >= 15 is 0 Å². The molecule has 0 radical (unpaired) electrons. The molecule has 0 amide bonds. The van der Waals surface area contributed by atoms with Crippen molar-refractivity contribution in [3.63, 3.8) is 0 Å². The van der Waals surface area contributed by atoms with E-state index in [0.29, 0.717) is 5.56 Å². The number of nitrogens with zero attached hydrogens (tertiary/aromatic N) is 1. The lowest BCUT2D eigenvalue weighted by molar-refractivity contribution is 0.608. The first-order chi connectivity index (χ1) is 9.78. The zero-order valence-corrected chi connectivity index (χ0v) is 11.5. The van der Waals surface area contributed by atoms with Crippen molar-refractivity contribution in [2.75, 3.05) is 11.4 Å². The summed E-state index contributed by atoms with van der Waals surface area (Å²) in [6, 6.07) is 13.8. The average molecular weight is 270 g/mol. The molecule has 0 saturated heterocycles. The molecule has 2 aromatic rings. The minimum Gasteiger partial charge on any atom is -0.367 e. The van der Waals surface area contributed by atoms with Gasteiger partial charge in [-0.1, -0.05) is 24.3 Å². The van der Waals surface area contributed by atoms with Crippen LogP contribution in [0.4, 0.5) is 10.1 Å². The Labute approximate surface area is 119 Å². The number of hydrogen-bond acceptors (Lipinski definition) is 2. The average Bonchev–Trinajstić information content (AvgIpc) is 2.49. The maximum absolute atomic E-state index is 13.5. The monoisotopic (exact) mass is 270 g/mol. The third kappa shape index (κ3) is 2.54. The van der Waals surface area contributed by atoms with Gasteiger partial charge in [0.1, 0.15) is 5.82 Å². The summed E-state index contributed by atoms with van der Waals surface area (Å²) in [7, 11) is 0. The molecule has 1 aliphatic rings. The van der Waals surface area contributed by atoms with Crippen LogP contribution in [0.3, 0.4) is 0 Å². The quantitative estimate of drug-likeness (QED) is 0.927. The van der Waals surface area contributed by atoms with E-state index in [-0.39, 0.29) is 12.4 Å². The summed E-state index contributed by atoms with van der Waals surface area (Å²) >= 11 is 0. The molecule has 20 heavy (non-hydrogen) atoms. The van der Waals surface area contributed by atoms with Gasteiger partial charge in [-0.25, -0.2) is 4.39 Å². The van der Waals surface area contributed by atoms with Gasteiger partial charge in [0.05, 0.1) is 0 Å². The Morgan fingerprint density at radius 1 is 1.15 bits per heavy atom. The van der Waals surface area contributed by atoms with Crippen LogP contribution in [0, 0.1) is 5.82 Å². The van der Waals surface area contributed by atoms with Gasteiger partial charge in [-0.05, 0) is 42.2 Å². The van der Waals surface area contributed by atoms with E-state index in [1.54, 1.807) is 0 Å². The molecule has 0 aromatic heterocycles. The highest BCUT2D eigenvalue weighted by molar-refractivity contribution is 5.55. The third-order valence-corrected chi connectivity index (χ3v) is 3.91. The molecule has 0 aliphatic carbocycles. The summed E-state index contributed by atoms with van der Waals surface area (Å²) < 4.78 is 13.5. The van der Waals surface area contributed by atoms with Crippen molar-refractivity contribution < 1.29 is 4.39 Å². The molecule has 2 nitrogen and oxygen atoms in total. The normalized spacial score (nSPS) is 14.2. The highest BCUT2D eigenvalue weighted by Crippen LogP contribution is 2.28. The van der Waals surface area contributed by atoms with Crippen LogP contribution in [-0.2, 0) is 19.5 Å². The number of nitrogens with two attached hydrogens (primary N) is 1. The summed E-state index contributed by atoms with van der Waals surface area (Å²) in [5, 5.41) is 0. The Bertz CT molecular complexity index is 610. The van der Waals surface area contributed by atoms with Crippen molar-refractivity contribution in [3.8, 4) is 0 Å². The van der Waals surface area contributed by atoms with Gasteiger partial charge >= 0.3 is 0 Å². The number of anilines is 1. The van der Waals surface area contributed by atoms with E-state index in [1.165, 1.54) is 23.7 Å². The topological polar surface area (TPSA) is 29.3 Å². The summed E-state index contributed by atoms with van der Waals surface area (Å²) in [5.74, 6) is -0.213. The van der Waals surface area contributed by atoms with Gasteiger partial charge < -0.3 is 10.6 Å². The summed E-state index contributed by atoms with van der Waals surface area (Å²) in [6.45, 7) is 2.10. The Morgan fingerprint density at radius 2 is 2.00 bits per heavy atom. The lowest BCUT2D eigenvalue weighted by atomic mass is 10.0. The van der Waals surface area contributed by atoms with Gasteiger partial charge in [0.15, 0.2) is 0 Å². The minimum absolute atomic E-state index is 0.213. The lowest BCUT2D eigenvalue weighted by Crippen LogP contribution is -2.28. The first-order valence-corrected chi connectivity index (χ1v) is 7.08. The van der Waals surface area contributed by atoms with Crippen molar-refractivity contribution in [3.05, 3.63) is 65.0 Å². The Balaban J connectivity index is 1.85. The predicted molar refractivity (Wildman–Crippen MR) is 80.1 cm³/mol.